The van der Waals surface area contributed by atoms with Crippen molar-refractivity contribution in [1.82, 2.24) is 19.4 Å². The summed E-state index contributed by atoms with van der Waals surface area (Å²) in [6, 6.07) is 13.0. The van der Waals surface area contributed by atoms with E-state index in [1.165, 1.54) is 16.2 Å². The van der Waals surface area contributed by atoms with E-state index in [1.807, 2.05) is 41.8 Å². The molecular weight excluding hydrogens is 544 g/mol. The smallest absolute Gasteiger partial charge is 0.407 e. The number of nitrogens with zero attached hydrogens (tertiary/aromatic N) is 4. The van der Waals surface area contributed by atoms with Crippen LogP contribution < -0.4 is 19.8 Å². The van der Waals surface area contributed by atoms with Crippen LogP contribution in [0.15, 0.2) is 58.8 Å². The molecule has 214 valence electrons. The number of aromatic nitrogens is 2. The fourth-order valence-electron chi connectivity index (χ4n) is 5.68. The Hall–Kier alpha value is -4.09. The molecule has 6 rings (SSSR count). The molecule has 2 aromatic carbocycles. The van der Waals surface area contributed by atoms with E-state index >= 15 is 0 Å². The lowest BCUT2D eigenvalue weighted by molar-refractivity contribution is 0.0856. The van der Waals surface area contributed by atoms with Crippen LogP contribution >= 0.6 is 11.3 Å². The normalized spacial score (nSPS) is 15.6. The Balaban J connectivity index is 1.13. The highest BCUT2D eigenvalue weighted by Crippen LogP contribution is 2.33. The van der Waals surface area contributed by atoms with Gasteiger partial charge in [-0.1, -0.05) is 6.07 Å². The monoisotopic (exact) mass is 576 g/mol. The lowest BCUT2D eigenvalue weighted by Gasteiger charge is -2.37. The minimum atomic E-state index is -0.925. The van der Waals surface area contributed by atoms with E-state index in [2.05, 4.69) is 9.88 Å². The summed E-state index contributed by atoms with van der Waals surface area (Å²) in [5.74, 6) is 2.04. The Labute approximate surface area is 241 Å². The molecule has 0 aliphatic carbocycles. The Kier molecular flexibility index (Phi) is 7.80. The number of pyridine rings is 1. The van der Waals surface area contributed by atoms with Crippen molar-refractivity contribution < 1.29 is 24.1 Å². The van der Waals surface area contributed by atoms with Gasteiger partial charge in [-0.3, -0.25) is 4.79 Å². The Morgan fingerprint density at radius 1 is 1.10 bits per heavy atom. The van der Waals surface area contributed by atoms with Crippen molar-refractivity contribution >= 4 is 28.3 Å². The summed E-state index contributed by atoms with van der Waals surface area (Å²) in [4.78, 5) is 33.8. The van der Waals surface area contributed by atoms with Crippen LogP contribution in [-0.2, 0) is 13.1 Å². The number of rotatable bonds is 8. The van der Waals surface area contributed by atoms with Crippen molar-refractivity contribution in [2.24, 2.45) is 0 Å². The average molecular weight is 577 g/mol. The lowest BCUT2D eigenvalue weighted by atomic mass is 10.0. The second-order valence-corrected chi connectivity index (χ2v) is 11.1. The third kappa shape index (κ3) is 5.73. The maximum Gasteiger partial charge on any atom is 0.407 e. The van der Waals surface area contributed by atoms with Crippen molar-refractivity contribution in [3.8, 4) is 27.8 Å². The van der Waals surface area contributed by atoms with E-state index in [4.69, 9.17) is 14.2 Å². The minimum absolute atomic E-state index is 0.0812. The number of fused-ring (bicyclic) bond motifs is 2. The molecule has 0 unspecified atom stereocenters. The zero-order valence-corrected chi connectivity index (χ0v) is 23.6. The van der Waals surface area contributed by atoms with Crippen molar-refractivity contribution in [1.29, 1.82) is 0 Å². The highest BCUT2D eigenvalue weighted by Gasteiger charge is 2.28. The van der Waals surface area contributed by atoms with Gasteiger partial charge in [0, 0.05) is 73.4 Å². The molecule has 1 amide bonds. The zero-order chi connectivity index (χ0) is 28.3. The second-order valence-electron chi connectivity index (χ2n) is 10.2. The number of methoxy groups -OCH3 is 1. The molecular formula is C30H32N4O6S. The fraction of sp³-hybridized carbons (Fsp3) is 0.367. The van der Waals surface area contributed by atoms with E-state index in [0.29, 0.717) is 50.1 Å². The van der Waals surface area contributed by atoms with Crippen molar-refractivity contribution in [2.75, 3.05) is 40.0 Å². The predicted molar refractivity (Wildman–Crippen MR) is 156 cm³/mol. The first-order valence-corrected chi connectivity index (χ1v) is 14.6. The molecule has 0 atom stereocenters. The summed E-state index contributed by atoms with van der Waals surface area (Å²) >= 11 is 1.51. The molecule has 0 saturated carbocycles. The lowest BCUT2D eigenvalue weighted by Crippen LogP contribution is -2.47. The van der Waals surface area contributed by atoms with Crippen LogP contribution in [0.4, 0.5) is 4.79 Å². The second kappa shape index (κ2) is 11.8. The molecule has 10 nitrogen and oxygen atoms in total. The van der Waals surface area contributed by atoms with Gasteiger partial charge < -0.3 is 33.7 Å². The Bertz CT molecular complexity index is 1600. The van der Waals surface area contributed by atoms with Gasteiger partial charge >= 0.3 is 6.09 Å². The molecule has 1 fully saturated rings. The van der Waals surface area contributed by atoms with Gasteiger partial charge in [0.05, 0.1) is 12.6 Å². The molecule has 41 heavy (non-hydrogen) atoms. The molecule has 0 bridgehead atoms. The maximum absolute atomic E-state index is 13.3. The van der Waals surface area contributed by atoms with Gasteiger partial charge in [-0.05, 0) is 42.7 Å². The Morgan fingerprint density at radius 3 is 2.63 bits per heavy atom. The standard InChI is InChI=1S/C30H32N4O6S/c1-38-22-3-4-23-24(29-31-8-15-41-29)18-28(35)33(25(23)17-22)12-11-32-9-6-21(7-10-32)34(30(36)37)19-20-2-5-26-27(16-20)40-14-13-39-26/h2-5,8,15-18,21H,6-7,9-14,19H2,1H3,(H,36,37). The van der Waals surface area contributed by atoms with Gasteiger partial charge in [-0.25, -0.2) is 9.78 Å². The summed E-state index contributed by atoms with van der Waals surface area (Å²) in [6.45, 7) is 4.01. The van der Waals surface area contributed by atoms with Gasteiger partial charge in [-0.2, -0.15) is 0 Å². The quantitative estimate of drug-likeness (QED) is 0.326. The summed E-state index contributed by atoms with van der Waals surface area (Å²) in [5, 5.41) is 13.7. The van der Waals surface area contributed by atoms with Crippen LogP contribution in [0.5, 0.6) is 17.2 Å². The van der Waals surface area contributed by atoms with Crippen LogP contribution in [-0.4, -0.2) is 76.6 Å². The molecule has 1 N–H and O–H groups in total. The molecule has 4 aromatic rings. The molecule has 0 spiro atoms. The van der Waals surface area contributed by atoms with Crippen molar-refractivity contribution in [3.63, 3.8) is 0 Å². The number of benzene rings is 2. The zero-order valence-electron chi connectivity index (χ0n) is 22.8. The highest BCUT2D eigenvalue weighted by molar-refractivity contribution is 7.13. The number of hydrogen-bond donors (Lipinski definition) is 1. The number of carbonyl (C=O) groups is 1. The van der Waals surface area contributed by atoms with Crippen LogP contribution in [0, 0.1) is 0 Å². The van der Waals surface area contributed by atoms with Gasteiger partial charge in [-0.15, -0.1) is 11.3 Å². The first-order chi connectivity index (χ1) is 20.0. The van der Waals surface area contributed by atoms with Gasteiger partial charge in [0.25, 0.3) is 5.56 Å². The average Bonchev–Trinajstić information content (AvgIpc) is 3.54. The third-order valence-electron chi connectivity index (χ3n) is 7.83. The molecule has 11 heteroatoms. The van der Waals surface area contributed by atoms with E-state index in [-0.39, 0.29) is 11.6 Å². The number of likely N-dealkylation sites (tertiary alicyclic amines) is 1. The van der Waals surface area contributed by atoms with Crippen molar-refractivity contribution in [2.45, 2.75) is 32.0 Å². The fourth-order valence-corrected chi connectivity index (χ4v) is 6.35. The molecule has 2 aliphatic heterocycles. The first kappa shape index (κ1) is 27.1. The third-order valence-corrected chi connectivity index (χ3v) is 8.63. The summed E-state index contributed by atoms with van der Waals surface area (Å²) < 4.78 is 18.5. The molecule has 2 aliphatic rings. The van der Waals surface area contributed by atoms with Crippen molar-refractivity contribution in [3.05, 3.63) is 70.0 Å². The number of piperidine rings is 1. The maximum atomic E-state index is 13.3. The van der Waals surface area contributed by atoms with Crippen LogP contribution in [0.25, 0.3) is 21.5 Å². The van der Waals surface area contributed by atoms with Crippen LogP contribution in [0.1, 0.15) is 18.4 Å². The van der Waals surface area contributed by atoms with Gasteiger partial charge in [0.2, 0.25) is 0 Å². The number of hydrogen-bond acceptors (Lipinski definition) is 8. The van der Waals surface area contributed by atoms with E-state index in [1.54, 1.807) is 23.9 Å². The van der Waals surface area contributed by atoms with E-state index in [0.717, 1.165) is 53.0 Å². The molecule has 1 saturated heterocycles. The first-order valence-electron chi connectivity index (χ1n) is 13.7. The topological polar surface area (TPSA) is 106 Å². The summed E-state index contributed by atoms with van der Waals surface area (Å²) in [7, 11) is 1.62. The predicted octanol–water partition coefficient (Wildman–Crippen LogP) is 4.55. The number of ether oxygens (including phenoxy) is 3. The van der Waals surface area contributed by atoms with Gasteiger partial charge in [0.15, 0.2) is 11.5 Å². The highest BCUT2D eigenvalue weighted by atomic mass is 32.1. The van der Waals surface area contributed by atoms with E-state index in [9.17, 15) is 14.7 Å². The van der Waals surface area contributed by atoms with Crippen LogP contribution in [0.3, 0.4) is 0 Å². The molecule has 4 heterocycles. The summed E-state index contributed by atoms with van der Waals surface area (Å²) in [6.07, 6.45) is 2.27. The number of thiazole rings is 1. The van der Waals surface area contributed by atoms with E-state index < -0.39 is 6.09 Å². The largest absolute Gasteiger partial charge is 0.497 e. The number of amides is 1. The SMILES string of the molecule is COc1ccc2c(-c3nccs3)cc(=O)n(CCN3CCC(N(Cc4ccc5c(c4)OCCO5)C(=O)O)CC3)c2c1. The van der Waals surface area contributed by atoms with Gasteiger partial charge in [0.1, 0.15) is 24.0 Å². The molecule has 2 aromatic heterocycles. The molecule has 0 radical (unpaired) electrons. The minimum Gasteiger partial charge on any atom is -0.497 e. The Morgan fingerprint density at radius 2 is 1.90 bits per heavy atom. The number of carboxylic acid groups (broad SMARTS) is 1. The summed E-state index contributed by atoms with van der Waals surface area (Å²) in [5.41, 5.74) is 2.43. The van der Waals surface area contributed by atoms with Crippen LogP contribution in [0.2, 0.25) is 0 Å².